The summed E-state index contributed by atoms with van der Waals surface area (Å²) in [6.45, 7) is 2.67. The first-order valence-electron chi connectivity index (χ1n) is 12.3. The molecule has 0 aromatic heterocycles. The van der Waals surface area contributed by atoms with Gasteiger partial charge in [0.15, 0.2) is 12.4 Å². The number of carbonyl (C=O) groups is 3. The van der Waals surface area contributed by atoms with Crippen molar-refractivity contribution in [3.63, 3.8) is 0 Å². The van der Waals surface area contributed by atoms with E-state index in [1.807, 2.05) is 48.5 Å². The number of nitrogens with one attached hydrogen (secondary N) is 2. The standard InChI is InChI=1S/C25H25ClN2O2.C4H6O4/c26-23-11-8-19-12-14-27-15-13-22(19)25(23)28-16-18-6-9-21(10-7-18)30-17-24(29)20-4-2-1-3-5-20;5-3(6)1-2-4(7)8/h1-11,27-28H,12-17H2;1-2H2,(H,5,6)(H,7,8). The van der Waals surface area contributed by atoms with Gasteiger partial charge in [0.1, 0.15) is 5.75 Å². The lowest BCUT2D eigenvalue weighted by Gasteiger charge is -2.16. The minimum Gasteiger partial charge on any atom is -0.485 e. The molecule has 1 heterocycles. The van der Waals surface area contributed by atoms with E-state index in [-0.39, 0.29) is 25.2 Å². The molecule has 0 saturated heterocycles. The minimum absolute atomic E-state index is 0.0292. The molecule has 0 saturated carbocycles. The molecule has 0 aliphatic carbocycles. The van der Waals surface area contributed by atoms with E-state index in [4.69, 9.17) is 26.6 Å². The summed E-state index contributed by atoms with van der Waals surface area (Å²) in [7, 11) is 0. The van der Waals surface area contributed by atoms with Crippen molar-refractivity contribution < 1.29 is 29.3 Å². The Hall–Kier alpha value is -3.88. The van der Waals surface area contributed by atoms with Gasteiger partial charge in [-0.3, -0.25) is 14.4 Å². The molecule has 9 heteroatoms. The molecular formula is C29H31ClN2O6. The van der Waals surface area contributed by atoms with Crippen LogP contribution in [0, 0.1) is 0 Å². The Balaban J connectivity index is 0.000000436. The van der Waals surface area contributed by atoms with Gasteiger partial charge in [-0.1, -0.05) is 60.1 Å². The molecule has 0 spiro atoms. The SMILES string of the molecule is O=C(COc1ccc(CNc2c(Cl)ccc3c2CCNCC3)cc1)c1ccccc1.O=C(O)CCC(=O)O. The van der Waals surface area contributed by atoms with Gasteiger partial charge in [-0.05, 0) is 60.8 Å². The third kappa shape index (κ3) is 9.21. The second kappa shape index (κ2) is 14.8. The van der Waals surface area contributed by atoms with Crippen molar-refractivity contribution in [1.29, 1.82) is 0 Å². The Labute approximate surface area is 226 Å². The third-order valence-corrected chi connectivity index (χ3v) is 6.21. The smallest absolute Gasteiger partial charge is 0.303 e. The molecule has 200 valence electrons. The van der Waals surface area contributed by atoms with Gasteiger partial charge in [-0.25, -0.2) is 0 Å². The molecule has 0 bridgehead atoms. The number of halogens is 1. The van der Waals surface area contributed by atoms with E-state index in [1.165, 1.54) is 11.1 Å². The first-order chi connectivity index (χ1) is 18.3. The van der Waals surface area contributed by atoms with E-state index in [0.717, 1.165) is 42.2 Å². The maximum absolute atomic E-state index is 12.2. The number of hydrogen-bond donors (Lipinski definition) is 4. The van der Waals surface area contributed by atoms with Crippen LogP contribution < -0.4 is 15.4 Å². The number of ether oxygens (including phenoxy) is 1. The highest BCUT2D eigenvalue weighted by Gasteiger charge is 2.14. The Bertz CT molecular complexity index is 1220. The molecule has 0 fully saturated rings. The Kier molecular flexibility index (Phi) is 11.1. The number of carboxylic acids is 2. The number of ketones is 1. The van der Waals surface area contributed by atoms with E-state index in [1.54, 1.807) is 12.1 Å². The van der Waals surface area contributed by atoms with Gasteiger partial charge in [0, 0.05) is 12.1 Å². The first kappa shape index (κ1) is 28.7. The van der Waals surface area contributed by atoms with Crippen molar-refractivity contribution >= 4 is 35.0 Å². The molecule has 0 atom stereocenters. The fraction of sp³-hybridized carbons (Fsp3) is 0.276. The van der Waals surface area contributed by atoms with Crippen molar-refractivity contribution in [1.82, 2.24) is 5.32 Å². The lowest BCUT2D eigenvalue weighted by molar-refractivity contribution is -0.143. The molecular weight excluding hydrogens is 508 g/mol. The third-order valence-electron chi connectivity index (χ3n) is 5.89. The molecule has 4 N–H and O–H groups in total. The summed E-state index contributed by atoms with van der Waals surface area (Å²) in [6, 6.07) is 21.1. The van der Waals surface area contributed by atoms with E-state index in [9.17, 15) is 14.4 Å². The molecule has 1 aliphatic rings. The van der Waals surface area contributed by atoms with E-state index < -0.39 is 11.9 Å². The fourth-order valence-electron chi connectivity index (χ4n) is 3.90. The number of carboxylic acid groups (broad SMARTS) is 2. The Morgan fingerprint density at radius 1 is 0.868 bits per heavy atom. The summed E-state index contributed by atoms with van der Waals surface area (Å²) in [5, 5.41) is 23.5. The quantitative estimate of drug-likeness (QED) is 0.270. The maximum atomic E-state index is 12.2. The molecule has 1 aliphatic heterocycles. The predicted octanol–water partition coefficient (Wildman–Crippen LogP) is 4.84. The summed E-state index contributed by atoms with van der Waals surface area (Å²) >= 11 is 6.49. The first-order valence-corrected chi connectivity index (χ1v) is 12.7. The van der Waals surface area contributed by atoms with Crippen molar-refractivity contribution in [3.8, 4) is 5.75 Å². The van der Waals surface area contributed by atoms with Crippen LogP contribution in [0.4, 0.5) is 5.69 Å². The molecule has 38 heavy (non-hydrogen) atoms. The largest absolute Gasteiger partial charge is 0.485 e. The minimum atomic E-state index is -1.08. The lowest BCUT2D eigenvalue weighted by Crippen LogP contribution is -2.16. The van der Waals surface area contributed by atoms with Crippen molar-refractivity contribution in [2.45, 2.75) is 32.2 Å². The zero-order valence-electron chi connectivity index (χ0n) is 20.9. The van der Waals surface area contributed by atoms with Crippen LogP contribution >= 0.6 is 11.6 Å². The average Bonchev–Trinajstić information content (AvgIpc) is 3.17. The molecule has 3 aromatic carbocycles. The van der Waals surface area contributed by atoms with Crippen LogP contribution in [-0.2, 0) is 29.0 Å². The highest BCUT2D eigenvalue weighted by molar-refractivity contribution is 6.33. The van der Waals surface area contributed by atoms with Crippen LogP contribution in [0.15, 0.2) is 66.7 Å². The molecule has 3 aromatic rings. The van der Waals surface area contributed by atoms with E-state index >= 15 is 0 Å². The van der Waals surface area contributed by atoms with Crippen molar-refractivity contribution in [3.05, 3.63) is 94.0 Å². The summed E-state index contributed by atoms with van der Waals surface area (Å²) in [4.78, 5) is 31.4. The number of hydrogen-bond acceptors (Lipinski definition) is 6. The normalized spacial score (nSPS) is 12.2. The predicted molar refractivity (Wildman–Crippen MR) is 146 cm³/mol. The second-order valence-electron chi connectivity index (χ2n) is 8.67. The highest BCUT2D eigenvalue weighted by atomic mass is 35.5. The number of benzene rings is 3. The van der Waals surface area contributed by atoms with Crippen molar-refractivity contribution in [2.24, 2.45) is 0 Å². The maximum Gasteiger partial charge on any atom is 0.303 e. The second-order valence-corrected chi connectivity index (χ2v) is 9.08. The molecule has 0 amide bonds. The van der Waals surface area contributed by atoms with Gasteiger partial charge in [0.25, 0.3) is 0 Å². The lowest BCUT2D eigenvalue weighted by atomic mass is 10.0. The summed E-state index contributed by atoms with van der Waals surface area (Å²) in [5.41, 5.74) is 5.49. The number of carbonyl (C=O) groups excluding carboxylic acids is 1. The molecule has 0 radical (unpaired) electrons. The van der Waals surface area contributed by atoms with Gasteiger partial charge in [0.2, 0.25) is 0 Å². The summed E-state index contributed by atoms with van der Waals surface area (Å²) in [5.74, 6) is -1.50. The Morgan fingerprint density at radius 3 is 2.18 bits per heavy atom. The van der Waals surface area contributed by atoms with E-state index in [0.29, 0.717) is 17.9 Å². The van der Waals surface area contributed by atoms with Gasteiger partial charge < -0.3 is 25.6 Å². The number of Topliss-reactive ketones (excluding diaryl/α,β-unsaturated/α-hetero) is 1. The van der Waals surface area contributed by atoms with Crippen LogP contribution in [0.1, 0.15) is 39.9 Å². The summed E-state index contributed by atoms with van der Waals surface area (Å²) < 4.78 is 5.65. The zero-order chi connectivity index (χ0) is 27.3. The van der Waals surface area contributed by atoms with Crippen LogP contribution in [0.25, 0.3) is 0 Å². The van der Waals surface area contributed by atoms with E-state index in [2.05, 4.69) is 16.7 Å². The topological polar surface area (TPSA) is 125 Å². The van der Waals surface area contributed by atoms with Gasteiger partial charge in [0.05, 0.1) is 23.6 Å². The van der Waals surface area contributed by atoms with Gasteiger partial charge >= 0.3 is 11.9 Å². The number of aliphatic carboxylic acids is 2. The van der Waals surface area contributed by atoms with Crippen LogP contribution in [0.3, 0.4) is 0 Å². The number of rotatable bonds is 10. The highest BCUT2D eigenvalue weighted by Crippen LogP contribution is 2.31. The number of fused-ring (bicyclic) bond motifs is 1. The summed E-state index contributed by atoms with van der Waals surface area (Å²) in [6.07, 6.45) is 1.40. The average molecular weight is 539 g/mol. The van der Waals surface area contributed by atoms with Crippen molar-refractivity contribution in [2.75, 3.05) is 25.0 Å². The molecule has 4 rings (SSSR count). The molecule has 0 unspecified atom stereocenters. The molecule has 8 nitrogen and oxygen atoms in total. The van der Waals surface area contributed by atoms with Crippen LogP contribution in [0.2, 0.25) is 5.02 Å². The Morgan fingerprint density at radius 2 is 1.53 bits per heavy atom. The zero-order valence-corrected chi connectivity index (χ0v) is 21.7. The monoisotopic (exact) mass is 538 g/mol. The van der Waals surface area contributed by atoms with Crippen LogP contribution in [0.5, 0.6) is 5.75 Å². The number of anilines is 1. The van der Waals surface area contributed by atoms with Gasteiger partial charge in [-0.15, -0.1) is 0 Å². The van der Waals surface area contributed by atoms with Crippen LogP contribution in [-0.4, -0.2) is 47.6 Å². The fourth-order valence-corrected chi connectivity index (χ4v) is 4.14. The van der Waals surface area contributed by atoms with Gasteiger partial charge in [-0.2, -0.15) is 0 Å².